The average Bonchev–Trinajstić information content (AvgIpc) is 2.89. The molecule has 3 nitrogen and oxygen atoms in total. The van der Waals surface area contributed by atoms with Gasteiger partial charge in [0.1, 0.15) is 0 Å². The molecule has 3 heteroatoms. The number of aromatic nitrogens is 1. The predicted octanol–water partition coefficient (Wildman–Crippen LogP) is 3.77. The van der Waals surface area contributed by atoms with Crippen molar-refractivity contribution in [1.82, 2.24) is 9.47 Å². The van der Waals surface area contributed by atoms with E-state index >= 15 is 0 Å². The number of rotatable bonds is 1. The lowest BCUT2D eigenvalue weighted by Gasteiger charge is -2.54. The molecule has 3 aliphatic rings. The van der Waals surface area contributed by atoms with E-state index in [2.05, 4.69) is 40.7 Å². The molecule has 5 rings (SSSR count). The zero-order valence-electron chi connectivity index (χ0n) is 13.1. The molecule has 2 atom stereocenters. The van der Waals surface area contributed by atoms with E-state index in [-0.39, 0.29) is 5.41 Å². The van der Waals surface area contributed by atoms with E-state index in [0.29, 0.717) is 11.9 Å². The highest BCUT2D eigenvalue weighted by molar-refractivity contribution is 5.97. The first-order chi connectivity index (χ1) is 10.7. The third kappa shape index (κ3) is 1.38. The Morgan fingerprint density at radius 1 is 1.27 bits per heavy atom. The number of piperidine rings is 1. The molecule has 0 radical (unpaired) electrons. The molecule has 0 spiro atoms. The van der Waals surface area contributed by atoms with Crippen LogP contribution in [0.2, 0.25) is 0 Å². The highest BCUT2D eigenvalue weighted by atomic mass is 16.2. The Labute approximate surface area is 130 Å². The van der Waals surface area contributed by atoms with Crippen molar-refractivity contribution in [1.29, 1.82) is 0 Å². The van der Waals surface area contributed by atoms with Crippen LogP contribution in [0.4, 0.5) is 0 Å². The van der Waals surface area contributed by atoms with Crippen molar-refractivity contribution in [3.63, 3.8) is 0 Å². The Hall–Kier alpha value is -1.61. The molecular weight excluding hydrogens is 272 g/mol. The molecule has 22 heavy (non-hydrogen) atoms. The summed E-state index contributed by atoms with van der Waals surface area (Å²) in [6.07, 6.45) is 5.37. The topological polar surface area (TPSA) is 25.2 Å². The number of hydrogen-bond donors (Lipinski definition) is 0. The number of nitrogens with zero attached hydrogens (tertiary/aromatic N) is 2. The molecule has 1 aromatic heterocycles. The largest absolute Gasteiger partial charge is 0.294 e. The van der Waals surface area contributed by atoms with Gasteiger partial charge in [-0.3, -0.25) is 14.3 Å². The van der Waals surface area contributed by atoms with Crippen LogP contribution in [0.15, 0.2) is 24.3 Å². The van der Waals surface area contributed by atoms with E-state index in [9.17, 15) is 4.79 Å². The molecule has 0 aliphatic carbocycles. The summed E-state index contributed by atoms with van der Waals surface area (Å²) < 4.78 is 2.07. The molecule has 1 fully saturated rings. The van der Waals surface area contributed by atoms with Crippen LogP contribution in [-0.4, -0.2) is 28.5 Å². The van der Waals surface area contributed by atoms with Crippen LogP contribution >= 0.6 is 0 Å². The van der Waals surface area contributed by atoms with Crippen LogP contribution < -0.4 is 0 Å². The van der Waals surface area contributed by atoms with Crippen molar-refractivity contribution in [2.24, 2.45) is 5.41 Å². The van der Waals surface area contributed by atoms with Gasteiger partial charge in [-0.25, -0.2) is 0 Å². The fraction of sp³-hybridized carbons (Fsp3) is 0.526. The van der Waals surface area contributed by atoms with Crippen molar-refractivity contribution in [2.75, 3.05) is 13.1 Å². The van der Waals surface area contributed by atoms with E-state index < -0.39 is 0 Å². The summed E-state index contributed by atoms with van der Waals surface area (Å²) in [7, 11) is 0. The number of para-hydroxylation sites is 1. The molecule has 0 N–H and O–H groups in total. The molecule has 2 aromatic rings. The zero-order chi connectivity index (χ0) is 14.9. The average molecular weight is 294 g/mol. The molecule has 0 saturated carbocycles. The van der Waals surface area contributed by atoms with Crippen molar-refractivity contribution in [3.05, 3.63) is 35.5 Å². The third-order valence-corrected chi connectivity index (χ3v) is 6.45. The Morgan fingerprint density at radius 3 is 3.00 bits per heavy atom. The van der Waals surface area contributed by atoms with E-state index in [4.69, 9.17) is 0 Å². The third-order valence-electron chi connectivity index (χ3n) is 6.45. The molecule has 1 unspecified atom stereocenters. The van der Waals surface area contributed by atoms with Gasteiger partial charge in [0.2, 0.25) is 5.91 Å². The number of fused-ring (bicyclic) bond motifs is 3. The Morgan fingerprint density at radius 2 is 2.14 bits per heavy atom. The number of benzene rings is 1. The minimum atomic E-state index is 0.175. The maximum atomic E-state index is 13.0. The summed E-state index contributed by atoms with van der Waals surface area (Å²) in [5.74, 6) is 0.319. The Balaban J connectivity index is 1.88. The normalized spacial score (nSPS) is 30.6. The SMILES string of the molecule is CCC12CCCN3CCc4c(n(c5ccccc45)C(=O)C1)[C@H]32. The van der Waals surface area contributed by atoms with Gasteiger partial charge >= 0.3 is 0 Å². The van der Waals surface area contributed by atoms with Gasteiger partial charge in [0.05, 0.1) is 11.6 Å². The minimum absolute atomic E-state index is 0.175. The van der Waals surface area contributed by atoms with Crippen LogP contribution in [0.25, 0.3) is 10.9 Å². The second kappa shape index (κ2) is 4.23. The molecule has 4 heterocycles. The van der Waals surface area contributed by atoms with Crippen LogP contribution in [0.3, 0.4) is 0 Å². The highest BCUT2D eigenvalue weighted by Gasteiger charge is 2.52. The van der Waals surface area contributed by atoms with Crippen molar-refractivity contribution in [2.45, 2.75) is 45.1 Å². The molecular formula is C19H22N2O. The molecule has 3 aliphatic heterocycles. The van der Waals surface area contributed by atoms with Crippen molar-refractivity contribution < 1.29 is 4.79 Å². The van der Waals surface area contributed by atoms with Crippen LogP contribution in [0.5, 0.6) is 0 Å². The fourth-order valence-electron chi connectivity index (χ4n) is 5.45. The first-order valence-electron chi connectivity index (χ1n) is 8.65. The Bertz CT molecular complexity index is 790. The van der Waals surface area contributed by atoms with Gasteiger partial charge < -0.3 is 0 Å². The minimum Gasteiger partial charge on any atom is -0.294 e. The van der Waals surface area contributed by atoms with Gasteiger partial charge in [0.25, 0.3) is 0 Å². The quantitative estimate of drug-likeness (QED) is 0.800. The van der Waals surface area contributed by atoms with Gasteiger partial charge in [-0.15, -0.1) is 0 Å². The standard InChI is InChI=1S/C19H22N2O/c1-2-19-9-5-10-20-11-8-14-13-6-3-4-7-15(13)21(16(22)12-19)17(14)18(19)20/h3-4,6-7,18H,2,5,8-12H2,1H3/t18-,19?/m0/s1. The van der Waals surface area contributed by atoms with Gasteiger partial charge in [0, 0.05) is 29.5 Å². The van der Waals surface area contributed by atoms with E-state index in [1.165, 1.54) is 36.0 Å². The summed E-state index contributed by atoms with van der Waals surface area (Å²) in [5, 5.41) is 1.31. The van der Waals surface area contributed by atoms with Crippen molar-refractivity contribution in [3.8, 4) is 0 Å². The lowest BCUT2D eigenvalue weighted by atomic mass is 9.64. The summed E-state index contributed by atoms with van der Waals surface area (Å²) in [5.41, 5.74) is 4.10. The number of carbonyl (C=O) groups is 1. The molecule has 1 aromatic carbocycles. The van der Waals surface area contributed by atoms with Crippen LogP contribution in [0, 0.1) is 5.41 Å². The van der Waals surface area contributed by atoms with E-state index in [1.54, 1.807) is 0 Å². The molecule has 0 bridgehead atoms. The first kappa shape index (κ1) is 12.9. The first-order valence-corrected chi connectivity index (χ1v) is 8.65. The lowest BCUT2D eigenvalue weighted by Crippen LogP contribution is -2.53. The van der Waals surface area contributed by atoms with E-state index in [1.807, 2.05) is 0 Å². The maximum absolute atomic E-state index is 13.0. The summed E-state index contributed by atoms with van der Waals surface area (Å²) in [4.78, 5) is 15.7. The maximum Gasteiger partial charge on any atom is 0.231 e. The van der Waals surface area contributed by atoms with Crippen LogP contribution in [-0.2, 0) is 6.42 Å². The fourth-order valence-corrected chi connectivity index (χ4v) is 5.45. The number of hydrogen-bond acceptors (Lipinski definition) is 2. The number of carbonyl (C=O) groups excluding carboxylic acids is 1. The monoisotopic (exact) mass is 294 g/mol. The smallest absolute Gasteiger partial charge is 0.231 e. The van der Waals surface area contributed by atoms with E-state index in [0.717, 1.165) is 31.3 Å². The second-order valence-corrected chi connectivity index (χ2v) is 7.29. The summed E-state index contributed by atoms with van der Waals surface area (Å²) in [6.45, 7) is 4.63. The molecule has 114 valence electrons. The molecule has 1 saturated heterocycles. The molecule has 0 amide bonds. The summed E-state index contributed by atoms with van der Waals surface area (Å²) >= 11 is 0. The van der Waals surface area contributed by atoms with Gasteiger partial charge in [-0.05, 0) is 43.9 Å². The van der Waals surface area contributed by atoms with Crippen LogP contribution in [0.1, 0.15) is 54.7 Å². The zero-order valence-corrected chi connectivity index (χ0v) is 13.1. The van der Waals surface area contributed by atoms with Gasteiger partial charge in [-0.2, -0.15) is 0 Å². The van der Waals surface area contributed by atoms with Crippen molar-refractivity contribution >= 4 is 16.8 Å². The second-order valence-electron chi connectivity index (χ2n) is 7.29. The summed E-state index contributed by atoms with van der Waals surface area (Å²) in [6, 6.07) is 8.95. The predicted molar refractivity (Wildman–Crippen MR) is 87.2 cm³/mol. The van der Waals surface area contributed by atoms with Gasteiger partial charge in [-0.1, -0.05) is 25.1 Å². The lowest BCUT2D eigenvalue weighted by molar-refractivity contribution is -0.0174. The van der Waals surface area contributed by atoms with Gasteiger partial charge in [0.15, 0.2) is 0 Å². The Kier molecular flexibility index (Phi) is 2.48. The highest BCUT2D eigenvalue weighted by Crippen LogP contribution is 2.56.